The molecule has 5 aromatic rings. The van der Waals surface area contributed by atoms with Gasteiger partial charge in [0.25, 0.3) is 0 Å². The molecule has 0 aliphatic rings. The summed E-state index contributed by atoms with van der Waals surface area (Å²) >= 11 is 0. The van der Waals surface area contributed by atoms with Crippen LogP contribution in [0.1, 0.15) is 68.1 Å². The third-order valence-electron chi connectivity index (χ3n) is 7.70. The Bertz CT molecular complexity index is 1620. The Hall–Kier alpha value is -4.38. The van der Waals surface area contributed by atoms with Crippen molar-refractivity contribution in [3.8, 4) is 16.9 Å². The Labute approximate surface area is 249 Å². The molecule has 0 spiro atoms. The number of nitrogens with one attached hydrogen (secondary N) is 1. The summed E-state index contributed by atoms with van der Waals surface area (Å²) in [4.78, 5) is 18.0. The number of rotatable bonds is 12. The van der Waals surface area contributed by atoms with Crippen LogP contribution in [0, 0.1) is 6.92 Å². The lowest BCUT2D eigenvalue weighted by atomic mass is 10.0. The lowest BCUT2D eigenvalue weighted by Gasteiger charge is -2.17. The second-order valence-electron chi connectivity index (χ2n) is 11.4. The average Bonchev–Trinajstić information content (AvgIpc) is 3.36. The number of nitrogens with zero attached hydrogens (tertiary/aromatic N) is 2. The molecule has 1 heterocycles. The number of amides is 1. The number of fused-ring (bicyclic) bond motifs is 1. The minimum atomic E-state index is -0.217. The van der Waals surface area contributed by atoms with E-state index in [4.69, 9.17) is 9.72 Å². The van der Waals surface area contributed by atoms with Crippen LogP contribution in [-0.2, 0) is 17.8 Å². The van der Waals surface area contributed by atoms with E-state index in [1.165, 1.54) is 16.7 Å². The summed E-state index contributed by atoms with van der Waals surface area (Å²) in [6.45, 7) is 9.99. The van der Waals surface area contributed by atoms with Crippen molar-refractivity contribution in [3.63, 3.8) is 0 Å². The Balaban J connectivity index is 1.20. The third-order valence-corrected chi connectivity index (χ3v) is 7.70. The van der Waals surface area contributed by atoms with Crippen LogP contribution in [0.4, 0.5) is 0 Å². The van der Waals surface area contributed by atoms with Crippen molar-refractivity contribution < 1.29 is 9.53 Å². The molecule has 42 heavy (non-hydrogen) atoms. The number of carbonyl (C=O) groups is 1. The van der Waals surface area contributed by atoms with Gasteiger partial charge in [0.2, 0.25) is 5.91 Å². The Morgan fingerprint density at radius 1 is 0.857 bits per heavy atom. The first-order valence-corrected chi connectivity index (χ1v) is 15.0. The highest BCUT2D eigenvalue weighted by atomic mass is 16.5. The van der Waals surface area contributed by atoms with E-state index in [0.29, 0.717) is 18.9 Å². The first kappa shape index (κ1) is 29.1. The van der Waals surface area contributed by atoms with Gasteiger partial charge in [-0.1, -0.05) is 92.7 Å². The van der Waals surface area contributed by atoms with Crippen molar-refractivity contribution in [2.75, 3.05) is 6.61 Å². The molecular formula is C37H41N3O2. The highest BCUT2D eigenvalue weighted by Crippen LogP contribution is 2.28. The van der Waals surface area contributed by atoms with Gasteiger partial charge in [-0.2, -0.15) is 0 Å². The fourth-order valence-corrected chi connectivity index (χ4v) is 5.45. The molecule has 5 rings (SSSR count). The van der Waals surface area contributed by atoms with E-state index in [1.54, 1.807) is 0 Å². The van der Waals surface area contributed by atoms with Crippen molar-refractivity contribution in [2.24, 2.45) is 0 Å². The molecule has 1 amide bonds. The summed E-state index contributed by atoms with van der Waals surface area (Å²) in [6.07, 6.45) is 2.20. The number of hydrogen-bond donors (Lipinski definition) is 1. The smallest absolute Gasteiger partial charge is 0.224 e. The van der Waals surface area contributed by atoms with Crippen molar-refractivity contribution >= 4 is 16.9 Å². The molecule has 1 unspecified atom stereocenters. The molecule has 0 saturated heterocycles. The molecule has 1 N–H and O–H groups in total. The summed E-state index contributed by atoms with van der Waals surface area (Å²) in [5.74, 6) is 2.28. The van der Waals surface area contributed by atoms with Crippen molar-refractivity contribution in [1.82, 2.24) is 14.9 Å². The molecule has 0 aliphatic heterocycles. The monoisotopic (exact) mass is 559 g/mol. The first-order chi connectivity index (χ1) is 20.4. The normalized spacial score (nSPS) is 12.0. The zero-order valence-corrected chi connectivity index (χ0v) is 25.1. The molecule has 1 aromatic heterocycles. The molecule has 0 aliphatic carbocycles. The van der Waals surface area contributed by atoms with Crippen molar-refractivity contribution in [2.45, 2.75) is 65.5 Å². The van der Waals surface area contributed by atoms with E-state index >= 15 is 0 Å². The quantitative estimate of drug-likeness (QED) is 0.156. The zero-order chi connectivity index (χ0) is 29.5. The lowest BCUT2D eigenvalue weighted by molar-refractivity contribution is -0.121. The predicted octanol–water partition coefficient (Wildman–Crippen LogP) is 8.41. The van der Waals surface area contributed by atoms with Gasteiger partial charge in [0.05, 0.1) is 30.1 Å². The van der Waals surface area contributed by atoms with Gasteiger partial charge in [0.15, 0.2) is 0 Å². The third kappa shape index (κ3) is 7.09. The predicted molar refractivity (Wildman–Crippen MR) is 172 cm³/mol. The number of ether oxygens (including phenoxy) is 1. The van der Waals surface area contributed by atoms with Crippen LogP contribution >= 0.6 is 0 Å². The maximum atomic E-state index is 13.0. The Kier molecular flexibility index (Phi) is 9.38. The minimum Gasteiger partial charge on any atom is -0.493 e. The van der Waals surface area contributed by atoms with Gasteiger partial charge >= 0.3 is 0 Å². The summed E-state index contributed by atoms with van der Waals surface area (Å²) in [6, 6.07) is 32.9. The summed E-state index contributed by atoms with van der Waals surface area (Å²) < 4.78 is 8.47. The van der Waals surface area contributed by atoms with E-state index in [-0.39, 0.29) is 11.9 Å². The standard InChI is InChI=1S/C37H41N3O2/c1-26(2)32-21-16-27(3)24-35(32)42-23-11-10-22-40-34-15-9-8-14-33(34)39-37(40)28(4)38-36(41)25-29-17-19-31(20-18-29)30-12-6-5-7-13-30/h5-9,12-21,24,26,28H,10-11,22-23,25H2,1-4H3,(H,38,41). The van der Waals surface area contributed by atoms with Gasteiger partial charge in [-0.15, -0.1) is 0 Å². The summed E-state index contributed by atoms with van der Waals surface area (Å²) in [7, 11) is 0. The number of aromatic nitrogens is 2. The fraction of sp³-hybridized carbons (Fsp3) is 0.297. The number of aryl methyl sites for hydroxylation is 2. The molecule has 0 radical (unpaired) electrons. The topological polar surface area (TPSA) is 56.1 Å². The van der Waals surface area contributed by atoms with E-state index in [2.05, 4.69) is 79.2 Å². The van der Waals surface area contributed by atoms with Crippen molar-refractivity contribution in [3.05, 3.63) is 120 Å². The second-order valence-corrected chi connectivity index (χ2v) is 11.4. The molecule has 216 valence electrons. The summed E-state index contributed by atoms with van der Waals surface area (Å²) in [5.41, 5.74) is 7.80. The number of hydrogen-bond acceptors (Lipinski definition) is 3. The van der Waals surface area contributed by atoms with E-state index in [9.17, 15) is 4.79 Å². The number of para-hydroxylation sites is 2. The second kappa shape index (κ2) is 13.5. The SMILES string of the molecule is Cc1ccc(C(C)C)c(OCCCCn2c(C(C)NC(=O)Cc3ccc(-c4ccccc4)cc3)nc3ccccc32)c1. The van der Waals surface area contributed by atoms with E-state index in [0.717, 1.165) is 53.1 Å². The fourth-order valence-electron chi connectivity index (χ4n) is 5.45. The van der Waals surface area contributed by atoms with Crippen LogP contribution in [0.3, 0.4) is 0 Å². The Morgan fingerprint density at radius 3 is 2.33 bits per heavy atom. The van der Waals surface area contributed by atoms with E-state index < -0.39 is 0 Å². The van der Waals surface area contributed by atoms with Crippen LogP contribution in [0.15, 0.2) is 97.1 Å². The minimum absolute atomic E-state index is 0.0129. The van der Waals surface area contributed by atoms with Gasteiger partial charge in [0, 0.05) is 6.54 Å². The molecule has 5 nitrogen and oxygen atoms in total. The molecular weight excluding hydrogens is 518 g/mol. The summed E-state index contributed by atoms with van der Waals surface area (Å²) in [5, 5.41) is 3.19. The Morgan fingerprint density at radius 2 is 1.57 bits per heavy atom. The highest BCUT2D eigenvalue weighted by Gasteiger charge is 2.18. The van der Waals surface area contributed by atoms with Crippen LogP contribution in [0.5, 0.6) is 5.75 Å². The van der Waals surface area contributed by atoms with Gasteiger partial charge in [-0.25, -0.2) is 4.98 Å². The van der Waals surface area contributed by atoms with Crippen LogP contribution in [0.25, 0.3) is 22.2 Å². The van der Waals surface area contributed by atoms with Crippen molar-refractivity contribution in [1.29, 1.82) is 0 Å². The molecule has 1 atom stereocenters. The van der Waals surface area contributed by atoms with Gasteiger partial charge in [-0.05, 0) is 78.6 Å². The molecule has 5 heteroatoms. The number of unbranched alkanes of at least 4 members (excludes halogenated alkanes) is 1. The lowest BCUT2D eigenvalue weighted by Crippen LogP contribution is -2.30. The number of imidazole rings is 1. The van der Waals surface area contributed by atoms with Gasteiger partial charge < -0.3 is 14.6 Å². The van der Waals surface area contributed by atoms with Gasteiger partial charge in [-0.3, -0.25) is 4.79 Å². The maximum absolute atomic E-state index is 13.0. The van der Waals surface area contributed by atoms with Crippen LogP contribution < -0.4 is 10.1 Å². The molecule has 0 bridgehead atoms. The number of benzene rings is 4. The molecule has 0 saturated carbocycles. The first-order valence-electron chi connectivity index (χ1n) is 15.0. The van der Waals surface area contributed by atoms with Crippen LogP contribution in [-0.4, -0.2) is 22.1 Å². The zero-order valence-electron chi connectivity index (χ0n) is 25.1. The van der Waals surface area contributed by atoms with E-state index in [1.807, 2.05) is 55.5 Å². The molecule has 4 aromatic carbocycles. The average molecular weight is 560 g/mol. The number of carbonyl (C=O) groups excluding carboxylic acids is 1. The maximum Gasteiger partial charge on any atom is 0.224 e. The van der Waals surface area contributed by atoms with Crippen LogP contribution in [0.2, 0.25) is 0 Å². The molecule has 0 fully saturated rings. The highest BCUT2D eigenvalue weighted by molar-refractivity contribution is 5.80. The van der Waals surface area contributed by atoms with Gasteiger partial charge in [0.1, 0.15) is 11.6 Å². The largest absolute Gasteiger partial charge is 0.493 e.